The van der Waals surface area contributed by atoms with Crippen molar-refractivity contribution < 1.29 is 17.4 Å². The number of hydrogen-bond donors (Lipinski definition) is 0. The van der Waals surface area contributed by atoms with Crippen LogP contribution in [-0.4, -0.2) is 6.88 Å². The van der Waals surface area contributed by atoms with Gasteiger partial charge in [-0.2, -0.15) is 0 Å². The predicted molar refractivity (Wildman–Crippen MR) is 151 cm³/mol. The van der Waals surface area contributed by atoms with Crippen LogP contribution in [0.4, 0.5) is 0 Å². The van der Waals surface area contributed by atoms with Gasteiger partial charge in [0.25, 0.3) is 0 Å². The molecule has 0 radical (unpaired) electrons. The number of allylic oxidation sites excluding steroid dienone is 4. The summed E-state index contributed by atoms with van der Waals surface area (Å²) < 4.78 is 5.17. The summed E-state index contributed by atoms with van der Waals surface area (Å²) in [7, 11) is 0. The average molecular weight is 579 g/mol. The molecule has 4 aromatic rings. The van der Waals surface area contributed by atoms with Crippen molar-refractivity contribution in [1.29, 1.82) is 0 Å². The van der Waals surface area contributed by atoms with Gasteiger partial charge in [0.2, 0.25) is 0 Å². The van der Waals surface area contributed by atoms with Gasteiger partial charge < -0.3 is 0 Å². The third kappa shape index (κ3) is 3.34. The van der Waals surface area contributed by atoms with E-state index >= 15 is 0 Å². The Morgan fingerprint density at radius 1 is 0.588 bits per heavy atom. The molecule has 0 fully saturated rings. The molecule has 0 aliphatic heterocycles. The van der Waals surface area contributed by atoms with E-state index in [1.54, 1.807) is 9.82 Å². The fraction of sp³-hybridized carbons (Fsp3) is 0.0667. The van der Waals surface area contributed by atoms with Gasteiger partial charge in [0.15, 0.2) is 0 Å². The number of hydrogen-bond acceptors (Lipinski definition) is 0. The van der Waals surface area contributed by atoms with E-state index < -0.39 is 17.4 Å². The Morgan fingerprint density at radius 2 is 1.03 bits per heavy atom. The van der Waals surface area contributed by atoms with Crippen LogP contribution < -0.4 is 6.54 Å². The topological polar surface area (TPSA) is 0 Å². The van der Waals surface area contributed by atoms with E-state index in [0.29, 0.717) is 3.63 Å². The van der Waals surface area contributed by atoms with Crippen LogP contribution in [0.25, 0.3) is 11.1 Å². The summed E-state index contributed by atoms with van der Waals surface area (Å²) in [4.78, 5) is 0. The van der Waals surface area contributed by atoms with Crippen molar-refractivity contribution in [2.45, 2.75) is 10.0 Å². The van der Waals surface area contributed by atoms with Crippen molar-refractivity contribution in [1.82, 2.24) is 0 Å². The SMILES string of the molecule is Cl.Cl.[SiH2]=[Zr]([C]1=CC=CC1)([c]1ccccc1)([c]1ccccc1)[CH]1c2ccccc2-c2ccccc21. The van der Waals surface area contributed by atoms with Gasteiger partial charge in [0.1, 0.15) is 0 Å². The zero-order valence-electron chi connectivity index (χ0n) is 18.9. The molecule has 0 amide bonds. The van der Waals surface area contributed by atoms with Crippen LogP contribution in [0.15, 0.2) is 131 Å². The molecule has 170 valence electrons. The summed E-state index contributed by atoms with van der Waals surface area (Å²) >= 11 is -4.17. The van der Waals surface area contributed by atoms with Crippen LogP contribution >= 0.6 is 24.8 Å². The van der Waals surface area contributed by atoms with Gasteiger partial charge >= 0.3 is 194 Å². The summed E-state index contributed by atoms with van der Waals surface area (Å²) in [5.74, 6) is 0. The molecule has 2 aliphatic rings. The summed E-state index contributed by atoms with van der Waals surface area (Å²) in [6.07, 6.45) is 8.16. The Morgan fingerprint density at radius 3 is 1.47 bits per heavy atom. The molecule has 34 heavy (non-hydrogen) atoms. The van der Waals surface area contributed by atoms with Gasteiger partial charge in [-0.05, 0) is 0 Å². The van der Waals surface area contributed by atoms with E-state index in [2.05, 4.69) is 134 Å². The number of fused-ring (bicyclic) bond motifs is 3. The van der Waals surface area contributed by atoms with Gasteiger partial charge in [-0.1, -0.05) is 0 Å². The Hall–Kier alpha value is -1.96. The summed E-state index contributed by atoms with van der Waals surface area (Å²) in [6, 6.07) is 41.3. The molecular weight excluding hydrogens is 551 g/mol. The quantitative estimate of drug-likeness (QED) is 0.248. The molecule has 4 aromatic carbocycles. The van der Waals surface area contributed by atoms with Crippen LogP contribution in [0, 0.1) is 0 Å². The first-order chi connectivity index (χ1) is 15.7. The fourth-order valence-electron chi connectivity index (χ4n) is 6.41. The first kappa shape index (κ1) is 25.1. The second-order valence-electron chi connectivity index (χ2n) is 9.21. The first-order valence-electron chi connectivity index (χ1n) is 11.4. The van der Waals surface area contributed by atoms with E-state index in [1.807, 2.05) is 0 Å². The molecule has 0 spiro atoms. The summed E-state index contributed by atoms with van der Waals surface area (Å²) in [5, 5.41) is 0. The standard InChI is InChI=1S/C13H9.2C6H5.C5H5.2ClH.H2Si.Zr/c1-3-7-12-10(5-1)9-11-6-2-4-8-13(11)12;2*1-2-4-6-5-3-1;1-2-4-5-3-1;;;;/h1-9H;2*1-5H;1-3H,4H2;2*1H;1H2;. The molecule has 0 saturated heterocycles. The van der Waals surface area contributed by atoms with Gasteiger partial charge in [-0.3, -0.25) is 0 Å². The van der Waals surface area contributed by atoms with E-state index in [0.717, 1.165) is 6.42 Å². The van der Waals surface area contributed by atoms with Gasteiger partial charge in [-0.15, -0.1) is 24.8 Å². The van der Waals surface area contributed by atoms with E-state index in [9.17, 15) is 0 Å². The van der Waals surface area contributed by atoms with E-state index in [4.69, 9.17) is 0 Å². The molecule has 0 nitrogen and oxygen atoms in total. The van der Waals surface area contributed by atoms with Crippen molar-refractivity contribution in [2.75, 3.05) is 0 Å². The van der Waals surface area contributed by atoms with Crippen molar-refractivity contribution in [3.8, 4) is 11.1 Å². The Bertz CT molecular complexity index is 1370. The van der Waals surface area contributed by atoms with Gasteiger partial charge in [-0.25, -0.2) is 0 Å². The van der Waals surface area contributed by atoms with E-state index in [-0.39, 0.29) is 24.8 Å². The maximum absolute atomic E-state index is 4.17. The van der Waals surface area contributed by atoms with Crippen molar-refractivity contribution in [2.24, 2.45) is 0 Å². The van der Waals surface area contributed by atoms with Crippen molar-refractivity contribution in [3.05, 3.63) is 142 Å². The Kier molecular flexibility index (Phi) is 7.09. The van der Waals surface area contributed by atoms with Crippen molar-refractivity contribution >= 4 is 38.2 Å². The van der Waals surface area contributed by atoms with Crippen LogP contribution in [-0.2, 0) is 17.4 Å². The number of benzene rings is 4. The molecule has 0 heterocycles. The molecule has 2 aliphatic carbocycles. The zero-order chi connectivity index (χ0) is 21.6. The van der Waals surface area contributed by atoms with Crippen LogP contribution in [0.2, 0.25) is 0 Å². The minimum absolute atomic E-state index is 0. The molecule has 6 rings (SSSR count). The second kappa shape index (κ2) is 9.59. The molecule has 0 saturated carbocycles. The number of halogens is 2. The predicted octanol–water partition coefficient (Wildman–Crippen LogP) is 6.33. The third-order valence-corrected chi connectivity index (χ3v) is 35.1. The monoisotopic (exact) mass is 576 g/mol. The summed E-state index contributed by atoms with van der Waals surface area (Å²) in [5.41, 5.74) is 5.85. The Labute approximate surface area is 217 Å². The normalized spacial score (nSPS) is 14.4. The minimum atomic E-state index is -4.17. The van der Waals surface area contributed by atoms with Crippen LogP contribution in [0.1, 0.15) is 21.2 Å². The third-order valence-electron chi connectivity index (χ3n) is 7.84. The average Bonchev–Trinajstić information content (AvgIpc) is 3.53. The molecule has 0 bridgehead atoms. The Balaban J connectivity index is 0.00000137. The van der Waals surface area contributed by atoms with Crippen LogP contribution in [0.3, 0.4) is 0 Å². The molecule has 4 heteroatoms. The van der Waals surface area contributed by atoms with Gasteiger partial charge in [0, 0.05) is 0 Å². The van der Waals surface area contributed by atoms with E-state index in [1.165, 1.54) is 22.3 Å². The first-order valence-corrected chi connectivity index (χ1v) is 22.4. The fourth-order valence-corrected chi connectivity index (χ4v) is 30.5. The van der Waals surface area contributed by atoms with Crippen molar-refractivity contribution in [3.63, 3.8) is 0 Å². The zero-order valence-corrected chi connectivity index (χ0v) is 24.4. The number of rotatable bonds is 4. The molecule has 0 aromatic heterocycles. The summed E-state index contributed by atoms with van der Waals surface area (Å²) in [6.45, 7) is 2.39. The molecule has 0 unspecified atom stereocenters. The second-order valence-corrected chi connectivity index (χ2v) is 31.3. The molecule has 0 N–H and O–H groups in total. The molecular formula is C30H28Cl2SiZr. The molecule has 0 atom stereocenters. The maximum atomic E-state index is 2.46. The van der Waals surface area contributed by atoms with Crippen LogP contribution in [0.5, 0.6) is 0 Å². The van der Waals surface area contributed by atoms with Gasteiger partial charge in [0.05, 0.1) is 0 Å².